The normalized spacial score (nSPS) is 16.1. The molecular weight excluding hydrogens is 258 g/mol. The Balaban J connectivity index is 2.00. The molecule has 0 unspecified atom stereocenters. The van der Waals surface area contributed by atoms with E-state index in [0.717, 1.165) is 18.4 Å². The Morgan fingerprint density at radius 3 is 2.26 bits per heavy atom. The van der Waals surface area contributed by atoms with E-state index >= 15 is 0 Å². The van der Waals surface area contributed by atoms with Gasteiger partial charge in [0.2, 0.25) is 0 Å². The molecule has 0 aromatic heterocycles. The maximum absolute atomic E-state index is 12.7. The van der Waals surface area contributed by atoms with Crippen molar-refractivity contribution in [3.63, 3.8) is 0 Å². The van der Waals surface area contributed by atoms with Crippen molar-refractivity contribution in [3.8, 4) is 0 Å². The number of carbonyl (C=O) groups excluding carboxylic acids is 1. The van der Waals surface area contributed by atoms with Gasteiger partial charge in [0.15, 0.2) is 5.78 Å². The summed E-state index contributed by atoms with van der Waals surface area (Å²) < 4.78 is 0. The largest absolute Gasteiger partial charge is 0.399 e. The molecule has 2 N–H and O–H groups in total. The van der Waals surface area contributed by atoms with E-state index in [1.165, 1.54) is 0 Å². The Kier molecular flexibility index (Phi) is 2.83. The summed E-state index contributed by atoms with van der Waals surface area (Å²) >= 11 is 6.12. The van der Waals surface area contributed by atoms with Gasteiger partial charge in [-0.05, 0) is 42.7 Å². The van der Waals surface area contributed by atoms with Crippen LogP contribution in [-0.4, -0.2) is 5.78 Å². The second-order valence-corrected chi connectivity index (χ2v) is 5.42. The summed E-state index contributed by atoms with van der Waals surface area (Å²) in [4.78, 5) is 12.7. The Morgan fingerprint density at radius 1 is 1.05 bits per heavy atom. The number of anilines is 1. The number of carbonyl (C=O) groups is 1. The molecule has 0 amide bonds. The smallest absolute Gasteiger partial charge is 0.174 e. The lowest BCUT2D eigenvalue weighted by molar-refractivity contribution is 0.0946. The molecule has 2 aromatic carbocycles. The summed E-state index contributed by atoms with van der Waals surface area (Å²) in [5.41, 5.74) is 7.66. The summed E-state index contributed by atoms with van der Waals surface area (Å²) in [7, 11) is 0. The van der Waals surface area contributed by atoms with Gasteiger partial charge in [0.25, 0.3) is 0 Å². The highest BCUT2D eigenvalue weighted by atomic mass is 35.5. The molecule has 1 aliphatic carbocycles. The fourth-order valence-electron chi connectivity index (χ4n) is 2.48. The molecule has 3 heteroatoms. The zero-order valence-corrected chi connectivity index (χ0v) is 11.2. The Bertz CT molecular complexity index is 629. The second kappa shape index (κ2) is 4.39. The van der Waals surface area contributed by atoms with Crippen LogP contribution in [0.2, 0.25) is 5.02 Å². The standard InChI is InChI=1S/C16H14ClNO/c17-14-4-2-1-3-13(14)15(19)16(9-10-16)11-5-7-12(18)8-6-11/h1-8H,9-10,18H2. The van der Waals surface area contributed by atoms with E-state index < -0.39 is 5.41 Å². The van der Waals surface area contributed by atoms with Crippen molar-refractivity contribution in [2.45, 2.75) is 18.3 Å². The van der Waals surface area contributed by atoms with Crippen molar-refractivity contribution >= 4 is 23.1 Å². The highest BCUT2D eigenvalue weighted by Gasteiger charge is 2.51. The lowest BCUT2D eigenvalue weighted by Crippen LogP contribution is -2.21. The minimum Gasteiger partial charge on any atom is -0.399 e. The van der Waals surface area contributed by atoms with E-state index in [-0.39, 0.29) is 5.78 Å². The van der Waals surface area contributed by atoms with Gasteiger partial charge >= 0.3 is 0 Å². The van der Waals surface area contributed by atoms with Crippen LogP contribution in [0, 0.1) is 0 Å². The minimum absolute atomic E-state index is 0.114. The van der Waals surface area contributed by atoms with Gasteiger partial charge in [-0.25, -0.2) is 0 Å². The van der Waals surface area contributed by atoms with Crippen LogP contribution in [0.15, 0.2) is 48.5 Å². The molecule has 1 fully saturated rings. The van der Waals surface area contributed by atoms with E-state index in [1.807, 2.05) is 36.4 Å². The number of Topliss-reactive ketones (excluding diaryl/α,β-unsaturated/α-hetero) is 1. The fraction of sp³-hybridized carbons (Fsp3) is 0.188. The molecule has 0 saturated heterocycles. The lowest BCUT2D eigenvalue weighted by Gasteiger charge is -2.15. The number of nitrogens with two attached hydrogens (primary N) is 1. The van der Waals surface area contributed by atoms with E-state index in [0.29, 0.717) is 16.3 Å². The highest BCUT2D eigenvalue weighted by molar-refractivity contribution is 6.34. The predicted octanol–water partition coefficient (Wildman–Crippen LogP) is 3.84. The molecule has 2 aromatic rings. The third kappa shape index (κ3) is 2.02. The van der Waals surface area contributed by atoms with Crippen molar-refractivity contribution in [1.29, 1.82) is 0 Å². The number of ketones is 1. The van der Waals surface area contributed by atoms with Crippen molar-refractivity contribution in [1.82, 2.24) is 0 Å². The number of rotatable bonds is 3. The molecule has 1 aliphatic rings. The summed E-state index contributed by atoms with van der Waals surface area (Å²) in [6.07, 6.45) is 1.75. The number of hydrogen-bond acceptors (Lipinski definition) is 2. The van der Waals surface area contributed by atoms with Crippen LogP contribution in [0.4, 0.5) is 5.69 Å². The van der Waals surface area contributed by atoms with Crippen LogP contribution in [-0.2, 0) is 5.41 Å². The average Bonchev–Trinajstić information content (AvgIpc) is 3.21. The molecule has 0 spiro atoms. The molecule has 96 valence electrons. The second-order valence-electron chi connectivity index (χ2n) is 5.01. The number of benzene rings is 2. The summed E-state index contributed by atoms with van der Waals surface area (Å²) in [6.45, 7) is 0. The van der Waals surface area contributed by atoms with Gasteiger partial charge in [0, 0.05) is 11.3 Å². The van der Waals surface area contributed by atoms with E-state index in [2.05, 4.69) is 0 Å². The van der Waals surface area contributed by atoms with Crippen LogP contribution in [0.3, 0.4) is 0 Å². The topological polar surface area (TPSA) is 43.1 Å². The third-order valence-corrected chi connectivity index (χ3v) is 4.10. The molecule has 19 heavy (non-hydrogen) atoms. The zero-order chi connectivity index (χ0) is 13.5. The third-order valence-electron chi connectivity index (χ3n) is 3.77. The van der Waals surface area contributed by atoms with Crippen molar-refractivity contribution in [3.05, 3.63) is 64.7 Å². The fourth-order valence-corrected chi connectivity index (χ4v) is 2.70. The van der Waals surface area contributed by atoms with Crippen LogP contribution in [0.1, 0.15) is 28.8 Å². The maximum atomic E-state index is 12.7. The van der Waals surface area contributed by atoms with Gasteiger partial charge in [-0.15, -0.1) is 0 Å². The van der Waals surface area contributed by atoms with E-state index in [9.17, 15) is 4.79 Å². The van der Waals surface area contributed by atoms with Crippen LogP contribution < -0.4 is 5.73 Å². The van der Waals surface area contributed by atoms with Crippen molar-refractivity contribution in [2.24, 2.45) is 0 Å². The molecule has 0 heterocycles. The lowest BCUT2D eigenvalue weighted by atomic mass is 9.87. The van der Waals surface area contributed by atoms with Gasteiger partial charge in [-0.1, -0.05) is 35.9 Å². The predicted molar refractivity (Wildman–Crippen MR) is 77.5 cm³/mol. The monoisotopic (exact) mass is 271 g/mol. The van der Waals surface area contributed by atoms with Crippen LogP contribution in [0.25, 0.3) is 0 Å². The van der Waals surface area contributed by atoms with Gasteiger partial charge in [0.05, 0.1) is 10.4 Å². The number of hydrogen-bond donors (Lipinski definition) is 1. The quantitative estimate of drug-likeness (QED) is 0.681. The van der Waals surface area contributed by atoms with Crippen LogP contribution in [0.5, 0.6) is 0 Å². The van der Waals surface area contributed by atoms with Gasteiger partial charge in [-0.2, -0.15) is 0 Å². The average molecular weight is 272 g/mol. The summed E-state index contributed by atoms with van der Waals surface area (Å²) in [5.74, 6) is 0.114. The Morgan fingerprint density at radius 2 is 1.68 bits per heavy atom. The van der Waals surface area contributed by atoms with Crippen LogP contribution >= 0.6 is 11.6 Å². The Labute approximate surface area is 117 Å². The highest BCUT2D eigenvalue weighted by Crippen LogP contribution is 2.51. The summed E-state index contributed by atoms with van der Waals surface area (Å²) in [6, 6.07) is 14.8. The maximum Gasteiger partial charge on any atom is 0.174 e. The first-order chi connectivity index (χ1) is 9.13. The minimum atomic E-state index is -0.390. The first kappa shape index (κ1) is 12.2. The van der Waals surface area contributed by atoms with Gasteiger partial charge in [-0.3, -0.25) is 4.79 Å². The SMILES string of the molecule is Nc1ccc(C2(C(=O)c3ccccc3Cl)CC2)cc1. The first-order valence-corrected chi connectivity index (χ1v) is 6.67. The molecule has 0 atom stereocenters. The molecule has 0 aliphatic heterocycles. The number of halogens is 1. The molecular formula is C16H14ClNO. The first-order valence-electron chi connectivity index (χ1n) is 6.29. The molecule has 3 rings (SSSR count). The van der Waals surface area contributed by atoms with Crippen molar-refractivity contribution < 1.29 is 4.79 Å². The molecule has 0 bridgehead atoms. The molecule has 2 nitrogen and oxygen atoms in total. The number of nitrogen functional groups attached to an aromatic ring is 1. The Hall–Kier alpha value is -1.80. The zero-order valence-electron chi connectivity index (χ0n) is 10.4. The van der Waals surface area contributed by atoms with Crippen molar-refractivity contribution in [2.75, 3.05) is 5.73 Å². The van der Waals surface area contributed by atoms with E-state index in [4.69, 9.17) is 17.3 Å². The van der Waals surface area contributed by atoms with E-state index in [1.54, 1.807) is 12.1 Å². The summed E-state index contributed by atoms with van der Waals surface area (Å²) in [5, 5.41) is 0.522. The molecule has 1 saturated carbocycles. The van der Waals surface area contributed by atoms with Gasteiger partial charge < -0.3 is 5.73 Å². The molecule has 0 radical (unpaired) electrons. The van der Waals surface area contributed by atoms with Gasteiger partial charge in [0.1, 0.15) is 0 Å².